The highest BCUT2D eigenvalue weighted by atomic mass is 35.5. The van der Waals surface area contributed by atoms with Crippen molar-refractivity contribution in [3.8, 4) is 5.75 Å². The summed E-state index contributed by atoms with van der Waals surface area (Å²) in [5.41, 5.74) is 3.38. The molecular weight excluding hydrogens is 519 g/mol. The van der Waals surface area contributed by atoms with Crippen molar-refractivity contribution in [2.75, 3.05) is 6.54 Å². The van der Waals surface area contributed by atoms with E-state index < -0.39 is 5.97 Å². The molecule has 0 saturated carbocycles. The van der Waals surface area contributed by atoms with Crippen LogP contribution in [0.1, 0.15) is 34.0 Å². The van der Waals surface area contributed by atoms with E-state index in [9.17, 15) is 14.7 Å². The highest BCUT2D eigenvalue weighted by Crippen LogP contribution is 2.38. The molecule has 1 aliphatic rings. The number of benzene rings is 3. The summed E-state index contributed by atoms with van der Waals surface area (Å²) >= 11 is 14.1. The van der Waals surface area contributed by atoms with Gasteiger partial charge in [-0.3, -0.25) is 9.69 Å². The van der Waals surface area contributed by atoms with Gasteiger partial charge in [-0.15, -0.1) is 0 Å². The summed E-state index contributed by atoms with van der Waals surface area (Å²) in [6, 6.07) is 17.6. The minimum absolute atomic E-state index is 0.124. The Kier molecular flexibility index (Phi) is 8.04. The Balaban J connectivity index is 1.56. The SMILES string of the molecule is CCN1C(=O)/C(=C/c2cc(Cl)c(OCc3ccc(C)cc3)c(Cl)c2)SC1=Nc1cccc(C(=O)O)c1. The quantitative estimate of drug-likeness (QED) is 0.320. The maximum atomic E-state index is 13.0. The van der Waals surface area contributed by atoms with Crippen molar-refractivity contribution >= 4 is 63.8 Å². The third-order valence-corrected chi connectivity index (χ3v) is 6.91. The second kappa shape index (κ2) is 11.2. The van der Waals surface area contributed by atoms with E-state index in [1.54, 1.807) is 30.3 Å². The Hall–Kier alpha value is -3.26. The van der Waals surface area contributed by atoms with Crippen molar-refractivity contribution in [1.29, 1.82) is 0 Å². The Morgan fingerprint density at radius 1 is 1.11 bits per heavy atom. The fourth-order valence-corrected chi connectivity index (χ4v) is 5.16. The van der Waals surface area contributed by atoms with Gasteiger partial charge in [0.25, 0.3) is 5.91 Å². The highest BCUT2D eigenvalue weighted by molar-refractivity contribution is 8.18. The number of thioether (sulfide) groups is 1. The Morgan fingerprint density at radius 2 is 1.81 bits per heavy atom. The number of carboxylic acid groups (broad SMARTS) is 1. The number of halogens is 2. The number of nitrogens with zero attached hydrogens (tertiary/aromatic N) is 2. The molecule has 0 atom stereocenters. The summed E-state index contributed by atoms with van der Waals surface area (Å²) in [6.45, 7) is 4.60. The van der Waals surface area contributed by atoms with E-state index in [1.807, 2.05) is 38.1 Å². The summed E-state index contributed by atoms with van der Waals surface area (Å²) in [5, 5.41) is 10.4. The number of carbonyl (C=O) groups is 2. The molecule has 184 valence electrons. The third-order valence-electron chi connectivity index (χ3n) is 5.34. The van der Waals surface area contributed by atoms with Crippen molar-refractivity contribution in [3.63, 3.8) is 0 Å². The largest absolute Gasteiger partial charge is 0.486 e. The maximum Gasteiger partial charge on any atom is 0.335 e. The highest BCUT2D eigenvalue weighted by Gasteiger charge is 2.32. The van der Waals surface area contributed by atoms with E-state index in [-0.39, 0.29) is 11.5 Å². The van der Waals surface area contributed by atoms with E-state index in [0.29, 0.717) is 50.3 Å². The van der Waals surface area contributed by atoms with Crippen LogP contribution in [-0.2, 0) is 11.4 Å². The number of aromatic carboxylic acids is 1. The van der Waals surface area contributed by atoms with Crippen LogP contribution in [-0.4, -0.2) is 33.6 Å². The molecule has 1 fully saturated rings. The van der Waals surface area contributed by atoms with E-state index in [4.69, 9.17) is 27.9 Å². The van der Waals surface area contributed by atoms with E-state index >= 15 is 0 Å². The lowest BCUT2D eigenvalue weighted by molar-refractivity contribution is -0.122. The van der Waals surface area contributed by atoms with Gasteiger partial charge in [0.1, 0.15) is 6.61 Å². The maximum absolute atomic E-state index is 13.0. The van der Waals surface area contributed by atoms with Crippen LogP contribution in [0, 0.1) is 6.92 Å². The second-order valence-electron chi connectivity index (χ2n) is 8.00. The van der Waals surface area contributed by atoms with Gasteiger partial charge in [0, 0.05) is 6.54 Å². The van der Waals surface area contributed by atoms with Crippen molar-refractivity contribution in [2.45, 2.75) is 20.5 Å². The smallest absolute Gasteiger partial charge is 0.335 e. The molecule has 1 N–H and O–H groups in total. The number of rotatable bonds is 7. The molecule has 1 heterocycles. The number of likely N-dealkylation sites (N-methyl/N-ethyl adjacent to an activating group) is 1. The number of ether oxygens (including phenoxy) is 1. The second-order valence-corrected chi connectivity index (χ2v) is 9.82. The molecule has 6 nitrogen and oxygen atoms in total. The van der Waals surface area contributed by atoms with Crippen LogP contribution < -0.4 is 4.74 Å². The summed E-state index contributed by atoms with van der Waals surface area (Å²) in [7, 11) is 0. The lowest BCUT2D eigenvalue weighted by Crippen LogP contribution is -2.28. The van der Waals surface area contributed by atoms with Gasteiger partial charge in [0.05, 0.1) is 26.2 Å². The van der Waals surface area contributed by atoms with Gasteiger partial charge in [0.15, 0.2) is 10.9 Å². The van der Waals surface area contributed by atoms with Crippen molar-refractivity contribution in [1.82, 2.24) is 4.90 Å². The van der Waals surface area contributed by atoms with Crippen LogP contribution in [0.25, 0.3) is 6.08 Å². The number of amidine groups is 1. The molecule has 1 aliphatic heterocycles. The van der Waals surface area contributed by atoms with Gasteiger partial charge in [-0.1, -0.05) is 59.1 Å². The van der Waals surface area contributed by atoms with Gasteiger partial charge in [-0.2, -0.15) is 0 Å². The number of carbonyl (C=O) groups excluding carboxylic acids is 1. The molecule has 0 unspecified atom stereocenters. The zero-order valence-electron chi connectivity index (χ0n) is 19.5. The molecule has 3 aromatic rings. The van der Waals surface area contributed by atoms with Crippen LogP contribution in [0.3, 0.4) is 0 Å². The van der Waals surface area contributed by atoms with E-state index in [0.717, 1.165) is 11.1 Å². The average molecular weight is 541 g/mol. The van der Waals surface area contributed by atoms with Gasteiger partial charge in [-0.05, 0) is 73.1 Å². The van der Waals surface area contributed by atoms with Gasteiger partial charge >= 0.3 is 5.97 Å². The summed E-state index contributed by atoms with van der Waals surface area (Å²) in [5.74, 6) is -0.870. The van der Waals surface area contributed by atoms with Crippen LogP contribution in [0.15, 0.2) is 70.6 Å². The third kappa shape index (κ3) is 5.93. The van der Waals surface area contributed by atoms with Crippen molar-refractivity contribution < 1.29 is 19.4 Å². The van der Waals surface area contributed by atoms with Crippen LogP contribution in [0.4, 0.5) is 5.69 Å². The first-order valence-corrected chi connectivity index (χ1v) is 12.6. The summed E-state index contributed by atoms with van der Waals surface area (Å²) in [4.78, 5) is 30.8. The van der Waals surface area contributed by atoms with Crippen LogP contribution in [0.2, 0.25) is 10.0 Å². The van der Waals surface area contributed by atoms with Crippen molar-refractivity contribution in [3.05, 3.63) is 97.9 Å². The first-order valence-electron chi connectivity index (χ1n) is 11.1. The summed E-state index contributed by atoms with van der Waals surface area (Å²) in [6.07, 6.45) is 1.70. The molecule has 3 aromatic carbocycles. The fraction of sp³-hybridized carbons (Fsp3) is 0.148. The molecule has 9 heteroatoms. The molecule has 0 radical (unpaired) electrons. The topological polar surface area (TPSA) is 79.2 Å². The molecule has 1 amide bonds. The van der Waals surface area contributed by atoms with Crippen molar-refractivity contribution in [2.24, 2.45) is 4.99 Å². The van der Waals surface area contributed by atoms with Crippen LogP contribution >= 0.6 is 35.0 Å². The lowest BCUT2D eigenvalue weighted by Gasteiger charge is -2.12. The number of amides is 1. The Morgan fingerprint density at radius 3 is 2.44 bits per heavy atom. The monoisotopic (exact) mass is 540 g/mol. The predicted octanol–water partition coefficient (Wildman–Crippen LogP) is 7.20. The number of aryl methyl sites for hydroxylation is 1. The number of hydrogen-bond donors (Lipinski definition) is 1. The van der Waals surface area contributed by atoms with E-state index in [1.165, 1.54) is 28.8 Å². The van der Waals surface area contributed by atoms with Crippen LogP contribution in [0.5, 0.6) is 5.75 Å². The first-order chi connectivity index (χ1) is 17.2. The minimum atomic E-state index is -1.04. The zero-order chi connectivity index (χ0) is 25.8. The molecule has 4 rings (SSSR count). The van der Waals surface area contributed by atoms with Gasteiger partial charge in [0.2, 0.25) is 0 Å². The molecule has 0 aromatic heterocycles. The first kappa shape index (κ1) is 25.8. The molecule has 36 heavy (non-hydrogen) atoms. The van der Waals surface area contributed by atoms with E-state index in [2.05, 4.69) is 4.99 Å². The number of hydrogen-bond acceptors (Lipinski definition) is 5. The zero-order valence-corrected chi connectivity index (χ0v) is 21.8. The van der Waals surface area contributed by atoms with Gasteiger partial charge < -0.3 is 9.84 Å². The molecule has 0 bridgehead atoms. The standard InChI is InChI=1S/C27H22Cl2N2O4S/c1-3-31-25(32)23(36-27(31)30-20-6-4-5-19(14-20)26(33)34)13-18-11-21(28)24(22(29)12-18)35-15-17-9-7-16(2)8-10-17/h4-14H,3,15H2,1-2H3,(H,33,34)/b23-13-,30-27?. The minimum Gasteiger partial charge on any atom is -0.486 e. The van der Waals surface area contributed by atoms with Gasteiger partial charge in [-0.25, -0.2) is 9.79 Å². The summed E-state index contributed by atoms with van der Waals surface area (Å²) < 4.78 is 5.86. The average Bonchev–Trinajstić information content (AvgIpc) is 3.13. The molecule has 0 aliphatic carbocycles. The molecular formula is C27H22Cl2N2O4S. The molecule has 1 saturated heterocycles. The molecule has 0 spiro atoms. The lowest BCUT2D eigenvalue weighted by atomic mass is 10.1. The number of aliphatic imine (C=N–C) groups is 1. The number of carboxylic acids is 1. The Labute approximate surface area is 223 Å². The Bertz CT molecular complexity index is 1360. The normalized spacial score (nSPS) is 15.7. The predicted molar refractivity (Wildman–Crippen MR) is 145 cm³/mol. The fourth-order valence-electron chi connectivity index (χ4n) is 3.48.